The van der Waals surface area contributed by atoms with Crippen molar-refractivity contribution in [2.45, 2.75) is 38.5 Å². The van der Waals surface area contributed by atoms with Crippen LogP contribution in [0.5, 0.6) is 0 Å². The van der Waals surface area contributed by atoms with Crippen LogP contribution in [-0.2, 0) is 14.8 Å². The van der Waals surface area contributed by atoms with Crippen molar-refractivity contribution in [1.29, 1.82) is 0 Å². The lowest BCUT2D eigenvalue weighted by Crippen LogP contribution is -2.44. The summed E-state index contributed by atoms with van der Waals surface area (Å²) in [7, 11) is -3.73. The van der Waals surface area contributed by atoms with Crippen molar-refractivity contribution in [3.63, 3.8) is 0 Å². The van der Waals surface area contributed by atoms with Gasteiger partial charge in [0, 0.05) is 32.1 Å². The van der Waals surface area contributed by atoms with Gasteiger partial charge in [-0.3, -0.25) is 4.79 Å². The summed E-state index contributed by atoms with van der Waals surface area (Å²) in [6.45, 7) is 7.43. The SMILES string of the molecule is CCN(CC)C(=O)C1CCN(S(=O)(=O)c2cc(F)ccc2C)CC1. The van der Waals surface area contributed by atoms with Gasteiger partial charge in [0.25, 0.3) is 0 Å². The summed E-state index contributed by atoms with van der Waals surface area (Å²) in [4.78, 5) is 14.2. The number of carbonyl (C=O) groups excluding carboxylic acids is 1. The summed E-state index contributed by atoms with van der Waals surface area (Å²) >= 11 is 0. The Balaban J connectivity index is 2.11. The van der Waals surface area contributed by atoms with Crippen molar-refractivity contribution < 1.29 is 17.6 Å². The lowest BCUT2D eigenvalue weighted by atomic mass is 9.96. The zero-order valence-corrected chi connectivity index (χ0v) is 15.3. The van der Waals surface area contributed by atoms with Crippen LogP contribution in [0.15, 0.2) is 23.1 Å². The minimum Gasteiger partial charge on any atom is -0.343 e. The van der Waals surface area contributed by atoms with Gasteiger partial charge in [0.05, 0.1) is 4.90 Å². The zero-order valence-electron chi connectivity index (χ0n) is 14.5. The quantitative estimate of drug-likeness (QED) is 0.814. The number of carbonyl (C=O) groups is 1. The number of piperidine rings is 1. The topological polar surface area (TPSA) is 57.7 Å². The predicted octanol–water partition coefficient (Wildman–Crippen LogP) is 2.40. The van der Waals surface area contributed by atoms with Crippen LogP contribution >= 0.6 is 0 Å². The first-order chi connectivity index (χ1) is 11.3. The molecule has 1 amide bonds. The molecular formula is C17H25FN2O3S. The molecule has 1 aliphatic heterocycles. The molecule has 1 aromatic carbocycles. The fourth-order valence-electron chi connectivity index (χ4n) is 3.13. The van der Waals surface area contributed by atoms with Gasteiger partial charge in [-0.05, 0) is 51.3 Å². The largest absolute Gasteiger partial charge is 0.343 e. The van der Waals surface area contributed by atoms with Crippen molar-refractivity contribution in [2.24, 2.45) is 5.92 Å². The second-order valence-corrected chi connectivity index (χ2v) is 8.01. The Kier molecular flexibility index (Phi) is 5.98. The van der Waals surface area contributed by atoms with Gasteiger partial charge in [0.1, 0.15) is 5.82 Å². The molecule has 1 aromatic rings. The van der Waals surface area contributed by atoms with Crippen LogP contribution in [0.3, 0.4) is 0 Å². The number of nitrogens with zero attached hydrogens (tertiary/aromatic N) is 2. The van der Waals surface area contributed by atoms with Crippen LogP contribution in [0, 0.1) is 18.7 Å². The number of benzene rings is 1. The van der Waals surface area contributed by atoms with Crippen molar-refractivity contribution in [1.82, 2.24) is 9.21 Å². The highest BCUT2D eigenvalue weighted by molar-refractivity contribution is 7.89. The van der Waals surface area contributed by atoms with E-state index in [-0.39, 0.29) is 29.8 Å². The first-order valence-corrected chi connectivity index (χ1v) is 9.80. The van der Waals surface area contributed by atoms with Gasteiger partial charge in [0.15, 0.2) is 0 Å². The Labute approximate surface area is 143 Å². The maximum Gasteiger partial charge on any atom is 0.243 e. The summed E-state index contributed by atoms with van der Waals surface area (Å²) in [5, 5.41) is 0. The van der Waals surface area contributed by atoms with Crippen LogP contribution in [0.4, 0.5) is 4.39 Å². The van der Waals surface area contributed by atoms with Crippen LogP contribution < -0.4 is 0 Å². The minimum atomic E-state index is -3.73. The molecule has 0 saturated carbocycles. The van der Waals surface area contributed by atoms with E-state index in [1.807, 2.05) is 13.8 Å². The zero-order chi connectivity index (χ0) is 17.9. The normalized spacial score (nSPS) is 17.0. The number of amides is 1. The maximum atomic E-state index is 13.4. The van der Waals surface area contributed by atoms with Crippen molar-refractivity contribution in [2.75, 3.05) is 26.2 Å². The van der Waals surface area contributed by atoms with E-state index in [4.69, 9.17) is 0 Å². The van der Waals surface area contributed by atoms with E-state index in [1.54, 1.807) is 11.8 Å². The smallest absolute Gasteiger partial charge is 0.243 e. The van der Waals surface area contributed by atoms with E-state index in [0.717, 1.165) is 6.07 Å². The monoisotopic (exact) mass is 356 g/mol. The Bertz CT molecular complexity index is 694. The average Bonchev–Trinajstić information content (AvgIpc) is 2.58. The van der Waals surface area contributed by atoms with Crippen molar-refractivity contribution in [3.05, 3.63) is 29.6 Å². The number of hydrogen-bond donors (Lipinski definition) is 0. The number of halogens is 1. The first kappa shape index (κ1) is 18.9. The second kappa shape index (κ2) is 7.61. The molecule has 0 aliphatic carbocycles. The number of rotatable bonds is 5. The number of aryl methyl sites for hydroxylation is 1. The molecule has 1 heterocycles. The molecule has 7 heteroatoms. The summed E-state index contributed by atoms with van der Waals surface area (Å²) in [6.07, 6.45) is 1.01. The van der Waals surface area contributed by atoms with E-state index < -0.39 is 15.8 Å². The molecule has 1 aliphatic rings. The molecule has 1 saturated heterocycles. The van der Waals surface area contributed by atoms with Gasteiger partial charge in [-0.2, -0.15) is 4.31 Å². The third-order valence-corrected chi connectivity index (χ3v) is 6.69. The third-order valence-electron chi connectivity index (χ3n) is 4.65. The molecule has 5 nitrogen and oxygen atoms in total. The van der Waals surface area contributed by atoms with Crippen molar-refractivity contribution in [3.8, 4) is 0 Å². The van der Waals surface area contributed by atoms with E-state index in [2.05, 4.69) is 0 Å². The molecule has 0 unspecified atom stereocenters. The van der Waals surface area contributed by atoms with Gasteiger partial charge in [-0.15, -0.1) is 0 Å². The maximum absolute atomic E-state index is 13.4. The molecule has 134 valence electrons. The summed E-state index contributed by atoms with van der Waals surface area (Å²) in [6, 6.07) is 3.79. The van der Waals surface area contributed by atoms with Gasteiger partial charge >= 0.3 is 0 Å². The molecule has 24 heavy (non-hydrogen) atoms. The summed E-state index contributed by atoms with van der Waals surface area (Å²) in [5.41, 5.74) is 0.526. The average molecular weight is 356 g/mol. The van der Waals surface area contributed by atoms with Crippen LogP contribution in [-0.4, -0.2) is 49.7 Å². The highest BCUT2D eigenvalue weighted by Crippen LogP contribution is 2.27. The van der Waals surface area contributed by atoms with Gasteiger partial charge < -0.3 is 4.90 Å². The fourth-order valence-corrected chi connectivity index (χ4v) is 4.83. The summed E-state index contributed by atoms with van der Waals surface area (Å²) in [5.74, 6) is -0.602. The van der Waals surface area contributed by atoms with Crippen LogP contribution in [0.2, 0.25) is 0 Å². The van der Waals surface area contributed by atoms with Gasteiger partial charge in [0.2, 0.25) is 15.9 Å². The lowest BCUT2D eigenvalue weighted by Gasteiger charge is -2.33. The molecular weight excluding hydrogens is 331 g/mol. The number of hydrogen-bond acceptors (Lipinski definition) is 3. The molecule has 0 N–H and O–H groups in total. The van der Waals surface area contributed by atoms with E-state index >= 15 is 0 Å². The van der Waals surface area contributed by atoms with E-state index in [0.29, 0.717) is 31.5 Å². The predicted molar refractivity (Wildman–Crippen MR) is 90.5 cm³/mol. The molecule has 1 fully saturated rings. The first-order valence-electron chi connectivity index (χ1n) is 8.36. The van der Waals surface area contributed by atoms with Gasteiger partial charge in [-0.25, -0.2) is 12.8 Å². The standard InChI is InChI=1S/C17H25FN2O3S/c1-4-19(5-2)17(21)14-8-10-20(11-9-14)24(22,23)16-12-15(18)7-6-13(16)3/h6-7,12,14H,4-5,8-11H2,1-3H3. The highest BCUT2D eigenvalue weighted by atomic mass is 32.2. The molecule has 0 spiro atoms. The molecule has 0 atom stereocenters. The van der Waals surface area contributed by atoms with Crippen LogP contribution in [0.1, 0.15) is 32.3 Å². The Morgan fingerprint density at radius 1 is 1.25 bits per heavy atom. The Hall–Kier alpha value is -1.47. The molecule has 0 radical (unpaired) electrons. The highest BCUT2D eigenvalue weighted by Gasteiger charge is 2.34. The second-order valence-electron chi connectivity index (χ2n) is 6.10. The van der Waals surface area contributed by atoms with Gasteiger partial charge in [-0.1, -0.05) is 6.07 Å². The lowest BCUT2D eigenvalue weighted by molar-refractivity contribution is -0.136. The number of sulfonamides is 1. The molecule has 2 rings (SSSR count). The molecule has 0 aromatic heterocycles. The van der Waals surface area contributed by atoms with Crippen LogP contribution in [0.25, 0.3) is 0 Å². The third kappa shape index (κ3) is 3.78. The van der Waals surface area contributed by atoms with Crippen molar-refractivity contribution >= 4 is 15.9 Å². The minimum absolute atomic E-state index is 0.0102. The summed E-state index contributed by atoms with van der Waals surface area (Å²) < 4.78 is 40.3. The Morgan fingerprint density at radius 2 is 1.83 bits per heavy atom. The molecule has 0 bridgehead atoms. The van der Waals surface area contributed by atoms with E-state index in [1.165, 1.54) is 16.4 Å². The fraction of sp³-hybridized carbons (Fsp3) is 0.588. The van der Waals surface area contributed by atoms with E-state index in [9.17, 15) is 17.6 Å². The Morgan fingerprint density at radius 3 is 2.38 bits per heavy atom.